The first-order chi connectivity index (χ1) is 8.72. The van der Waals surface area contributed by atoms with Crippen LogP contribution in [-0.4, -0.2) is 15.9 Å². The molecule has 3 rings (SSSR count). The Morgan fingerprint density at radius 2 is 2.11 bits per heavy atom. The van der Waals surface area contributed by atoms with Gasteiger partial charge in [-0.25, -0.2) is 9.97 Å². The van der Waals surface area contributed by atoms with Crippen molar-refractivity contribution in [3.8, 4) is 0 Å². The number of aromatic nitrogens is 2. The van der Waals surface area contributed by atoms with Crippen LogP contribution < -0.4 is 5.32 Å². The Morgan fingerprint density at radius 3 is 2.83 bits per heavy atom. The van der Waals surface area contributed by atoms with Crippen molar-refractivity contribution < 1.29 is 4.79 Å². The van der Waals surface area contributed by atoms with E-state index in [1.54, 1.807) is 0 Å². The van der Waals surface area contributed by atoms with Crippen molar-refractivity contribution in [2.24, 2.45) is 0 Å². The summed E-state index contributed by atoms with van der Waals surface area (Å²) < 4.78 is 1.75. The van der Waals surface area contributed by atoms with E-state index in [0.717, 1.165) is 10.2 Å². The lowest BCUT2D eigenvalue weighted by atomic mass is 10.3. The number of fused-ring (bicyclic) bond motifs is 1. The molecule has 0 spiro atoms. The average Bonchev–Trinajstić information content (AvgIpc) is 2.94. The largest absolute Gasteiger partial charge is 0.297 e. The molecule has 18 heavy (non-hydrogen) atoms. The SMILES string of the molecule is O=C(Nc1nc2ccccc2s1)c1cnc(Br)s1. The first-order valence-corrected chi connectivity index (χ1v) is 7.43. The number of rotatable bonds is 2. The van der Waals surface area contributed by atoms with Crippen LogP contribution in [0.2, 0.25) is 0 Å². The van der Waals surface area contributed by atoms with Gasteiger partial charge < -0.3 is 0 Å². The third-order valence-corrected chi connectivity index (χ3v) is 4.64. The maximum Gasteiger partial charge on any atom is 0.269 e. The first-order valence-electron chi connectivity index (χ1n) is 5.00. The molecule has 0 saturated heterocycles. The van der Waals surface area contributed by atoms with Gasteiger partial charge in [0, 0.05) is 0 Å². The van der Waals surface area contributed by atoms with Gasteiger partial charge in [-0.1, -0.05) is 23.5 Å². The molecule has 7 heteroatoms. The van der Waals surface area contributed by atoms with Gasteiger partial charge in [0.15, 0.2) is 9.05 Å². The minimum absolute atomic E-state index is 0.183. The Balaban J connectivity index is 1.86. The van der Waals surface area contributed by atoms with Gasteiger partial charge in [-0.05, 0) is 28.1 Å². The lowest BCUT2D eigenvalue weighted by Gasteiger charge is -1.96. The number of nitrogens with zero attached hydrogens (tertiary/aromatic N) is 2. The maximum atomic E-state index is 11.9. The van der Waals surface area contributed by atoms with Crippen LogP contribution >= 0.6 is 38.6 Å². The second kappa shape index (κ2) is 4.75. The molecule has 0 aliphatic carbocycles. The summed E-state index contributed by atoms with van der Waals surface area (Å²) in [6.45, 7) is 0. The molecule has 0 aliphatic rings. The quantitative estimate of drug-likeness (QED) is 0.773. The number of hydrogen-bond donors (Lipinski definition) is 1. The van der Waals surface area contributed by atoms with E-state index in [2.05, 4.69) is 31.2 Å². The number of carbonyl (C=O) groups is 1. The molecule has 0 fully saturated rings. The van der Waals surface area contributed by atoms with E-state index in [4.69, 9.17) is 0 Å². The molecular formula is C11H6BrN3OS2. The molecule has 0 saturated carbocycles. The normalized spacial score (nSPS) is 10.7. The summed E-state index contributed by atoms with van der Waals surface area (Å²) in [6, 6.07) is 7.77. The molecule has 3 aromatic rings. The summed E-state index contributed by atoms with van der Waals surface area (Å²) in [5.41, 5.74) is 0.892. The van der Waals surface area contributed by atoms with Crippen LogP contribution in [-0.2, 0) is 0 Å². The molecule has 1 aromatic carbocycles. The minimum atomic E-state index is -0.183. The van der Waals surface area contributed by atoms with Gasteiger partial charge in [0.05, 0.1) is 16.4 Å². The number of para-hydroxylation sites is 1. The van der Waals surface area contributed by atoms with Gasteiger partial charge in [0.2, 0.25) is 0 Å². The number of carbonyl (C=O) groups excluding carboxylic acids is 1. The molecule has 0 bridgehead atoms. The summed E-state index contributed by atoms with van der Waals surface area (Å²) in [5, 5.41) is 3.38. The highest BCUT2D eigenvalue weighted by Gasteiger charge is 2.12. The summed E-state index contributed by atoms with van der Waals surface area (Å²) in [4.78, 5) is 20.8. The molecule has 0 atom stereocenters. The Morgan fingerprint density at radius 1 is 1.28 bits per heavy atom. The van der Waals surface area contributed by atoms with Crippen molar-refractivity contribution in [2.45, 2.75) is 0 Å². The maximum absolute atomic E-state index is 11.9. The van der Waals surface area contributed by atoms with Gasteiger partial charge in [-0.3, -0.25) is 10.1 Å². The highest BCUT2D eigenvalue weighted by atomic mass is 79.9. The first kappa shape index (κ1) is 11.8. The van der Waals surface area contributed by atoms with Crippen LogP contribution in [0.3, 0.4) is 0 Å². The van der Waals surface area contributed by atoms with Gasteiger partial charge in [-0.2, -0.15) is 0 Å². The topological polar surface area (TPSA) is 54.9 Å². The zero-order valence-electron chi connectivity index (χ0n) is 8.88. The van der Waals surface area contributed by atoms with Crippen LogP contribution in [0.5, 0.6) is 0 Å². The van der Waals surface area contributed by atoms with Gasteiger partial charge in [0.1, 0.15) is 4.88 Å². The number of nitrogens with one attached hydrogen (secondary N) is 1. The zero-order chi connectivity index (χ0) is 12.5. The Bertz CT molecular complexity index is 689. The highest BCUT2D eigenvalue weighted by Crippen LogP contribution is 2.26. The minimum Gasteiger partial charge on any atom is -0.297 e. The Labute approximate surface area is 119 Å². The van der Waals surface area contributed by atoms with Crippen LogP contribution in [0.15, 0.2) is 34.4 Å². The summed E-state index contributed by atoms with van der Waals surface area (Å²) in [5.74, 6) is -0.183. The van der Waals surface area contributed by atoms with Crippen LogP contribution in [0.4, 0.5) is 5.13 Å². The van der Waals surface area contributed by atoms with Crippen molar-refractivity contribution in [1.82, 2.24) is 9.97 Å². The monoisotopic (exact) mass is 339 g/mol. The van der Waals surface area contributed by atoms with Crippen LogP contribution in [0.25, 0.3) is 10.2 Å². The number of thiazole rings is 2. The molecule has 0 aliphatic heterocycles. The fraction of sp³-hybridized carbons (Fsp3) is 0. The van der Waals surface area contributed by atoms with Crippen LogP contribution in [0.1, 0.15) is 9.67 Å². The van der Waals surface area contributed by atoms with E-state index in [9.17, 15) is 4.79 Å². The second-order valence-corrected chi connectivity index (χ2v) is 6.76. The average molecular weight is 340 g/mol. The molecule has 0 radical (unpaired) electrons. The van der Waals surface area contributed by atoms with Crippen molar-refractivity contribution in [2.75, 3.05) is 5.32 Å². The number of anilines is 1. The van der Waals surface area contributed by atoms with E-state index < -0.39 is 0 Å². The molecule has 90 valence electrons. The van der Waals surface area contributed by atoms with E-state index in [1.165, 1.54) is 28.9 Å². The van der Waals surface area contributed by atoms with Crippen LogP contribution in [0, 0.1) is 0 Å². The fourth-order valence-electron chi connectivity index (χ4n) is 1.44. The van der Waals surface area contributed by atoms with E-state index in [0.29, 0.717) is 13.9 Å². The van der Waals surface area contributed by atoms with Gasteiger partial charge >= 0.3 is 0 Å². The van der Waals surface area contributed by atoms with Crippen molar-refractivity contribution in [3.63, 3.8) is 0 Å². The predicted molar refractivity (Wildman–Crippen MR) is 77.4 cm³/mol. The molecular weight excluding hydrogens is 334 g/mol. The molecule has 4 nitrogen and oxygen atoms in total. The zero-order valence-corrected chi connectivity index (χ0v) is 12.1. The van der Waals surface area contributed by atoms with Gasteiger partial charge in [0.25, 0.3) is 5.91 Å². The standard InChI is InChI=1S/C11H6BrN3OS2/c12-10-13-5-8(17-10)9(16)15-11-14-6-3-1-2-4-7(6)18-11/h1-5H,(H,14,15,16). The summed E-state index contributed by atoms with van der Waals surface area (Å²) in [6.07, 6.45) is 1.54. The molecule has 2 aromatic heterocycles. The Hall–Kier alpha value is -1.31. The van der Waals surface area contributed by atoms with Crippen molar-refractivity contribution in [3.05, 3.63) is 39.3 Å². The molecule has 1 N–H and O–H groups in total. The number of benzene rings is 1. The lowest BCUT2D eigenvalue weighted by molar-refractivity contribution is 0.103. The van der Waals surface area contributed by atoms with Crippen molar-refractivity contribution in [1.29, 1.82) is 0 Å². The third kappa shape index (κ3) is 2.29. The highest BCUT2D eigenvalue weighted by molar-refractivity contribution is 9.11. The van der Waals surface area contributed by atoms with Gasteiger partial charge in [-0.15, -0.1) is 11.3 Å². The molecule has 1 amide bonds. The molecule has 0 unspecified atom stereocenters. The number of hydrogen-bond acceptors (Lipinski definition) is 5. The third-order valence-electron chi connectivity index (χ3n) is 2.22. The summed E-state index contributed by atoms with van der Waals surface area (Å²) >= 11 is 5.98. The van der Waals surface area contributed by atoms with E-state index >= 15 is 0 Å². The van der Waals surface area contributed by atoms with E-state index in [-0.39, 0.29) is 5.91 Å². The fourth-order valence-corrected chi connectivity index (χ4v) is 3.46. The Kier molecular flexibility index (Phi) is 3.11. The molecule has 2 heterocycles. The van der Waals surface area contributed by atoms with E-state index in [1.807, 2.05) is 24.3 Å². The van der Waals surface area contributed by atoms with Crippen molar-refractivity contribution >= 4 is 59.9 Å². The predicted octanol–water partition coefficient (Wildman–Crippen LogP) is 3.77. The number of halogens is 1. The lowest BCUT2D eigenvalue weighted by Crippen LogP contribution is -2.09. The smallest absolute Gasteiger partial charge is 0.269 e. The number of amides is 1. The summed E-state index contributed by atoms with van der Waals surface area (Å²) in [7, 11) is 0. The second-order valence-electron chi connectivity index (χ2n) is 3.42.